The van der Waals surface area contributed by atoms with Gasteiger partial charge in [-0.05, 0) is 57.5 Å². The summed E-state index contributed by atoms with van der Waals surface area (Å²) in [5, 5.41) is 1.27. The monoisotopic (exact) mass is 400 g/mol. The SMILES string of the molecule is CC(C)[Si](C(C)C)(C(C)C)n1ccc2cc(I)cnc21. The van der Waals surface area contributed by atoms with Crippen LogP contribution in [0.3, 0.4) is 0 Å². The molecule has 0 spiro atoms. The van der Waals surface area contributed by atoms with Gasteiger partial charge >= 0.3 is 0 Å². The number of aromatic nitrogens is 2. The molecule has 2 aromatic rings. The first-order valence-electron chi connectivity index (χ1n) is 7.44. The number of halogens is 1. The van der Waals surface area contributed by atoms with Crippen LogP contribution < -0.4 is 0 Å². The van der Waals surface area contributed by atoms with Gasteiger partial charge in [0.15, 0.2) is 8.24 Å². The van der Waals surface area contributed by atoms with Crippen LogP contribution in [0.25, 0.3) is 11.0 Å². The minimum atomic E-state index is -1.68. The van der Waals surface area contributed by atoms with Gasteiger partial charge in [0.25, 0.3) is 0 Å². The zero-order valence-corrected chi connectivity index (χ0v) is 16.5. The summed E-state index contributed by atoms with van der Waals surface area (Å²) in [6.45, 7) is 14.4. The molecule has 0 aliphatic rings. The first-order chi connectivity index (χ1) is 9.31. The summed E-state index contributed by atoms with van der Waals surface area (Å²) in [4.78, 5) is 4.74. The summed E-state index contributed by atoms with van der Waals surface area (Å²) in [5.41, 5.74) is 3.26. The number of nitrogens with zero attached hydrogens (tertiary/aromatic N) is 2. The molecule has 20 heavy (non-hydrogen) atoms. The van der Waals surface area contributed by atoms with Crippen molar-refractivity contribution in [3.8, 4) is 0 Å². The Hall–Kier alpha value is -0.363. The van der Waals surface area contributed by atoms with E-state index in [1.165, 1.54) is 14.6 Å². The van der Waals surface area contributed by atoms with E-state index in [1.54, 1.807) is 0 Å². The van der Waals surface area contributed by atoms with Crippen LogP contribution in [-0.2, 0) is 0 Å². The topological polar surface area (TPSA) is 17.8 Å². The van der Waals surface area contributed by atoms with Crippen LogP contribution in [0.4, 0.5) is 0 Å². The lowest BCUT2D eigenvalue weighted by Crippen LogP contribution is -2.51. The average molecular weight is 400 g/mol. The highest BCUT2D eigenvalue weighted by Crippen LogP contribution is 2.43. The molecule has 0 atom stereocenters. The Kier molecular flexibility index (Phi) is 4.64. The Morgan fingerprint density at radius 3 is 2.10 bits per heavy atom. The Morgan fingerprint density at radius 1 is 1.05 bits per heavy atom. The van der Waals surface area contributed by atoms with E-state index in [9.17, 15) is 0 Å². The van der Waals surface area contributed by atoms with Gasteiger partial charge < -0.3 is 4.23 Å². The zero-order valence-electron chi connectivity index (χ0n) is 13.3. The highest BCUT2D eigenvalue weighted by atomic mass is 127. The maximum atomic E-state index is 4.74. The fraction of sp³-hybridized carbons (Fsp3) is 0.562. The average Bonchev–Trinajstić information content (AvgIpc) is 2.72. The molecule has 2 nitrogen and oxygen atoms in total. The van der Waals surface area contributed by atoms with E-state index in [0.717, 1.165) is 0 Å². The Balaban J connectivity index is 2.75. The van der Waals surface area contributed by atoms with Crippen molar-refractivity contribution in [1.29, 1.82) is 0 Å². The summed E-state index contributed by atoms with van der Waals surface area (Å²) in [6.07, 6.45) is 4.28. The Labute approximate surface area is 137 Å². The molecule has 0 saturated heterocycles. The number of fused-ring (bicyclic) bond motifs is 1. The van der Waals surface area contributed by atoms with Crippen LogP contribution >= 0.6 is 22.6 Å². The van der Waals surface area contributed by atoms with Gasteiger partial charge in [0.05, 0.1) is 0 Å². The molecule has 2 aromatic heterocycles. The molecule has 0 aromatic carbocycles. The summed E-state index contributed by atoms with van der Waals surface area (Å²) >= 11 is 2.34. The summed E-state index contributed by atoms with van der Waals surface area (Å²) in [7, 11) is -1.68. The van der Waals surface area contributed by atoms with Crippen LogP contribution in [0, 0.1) is 3.57 Å². The van der Waals surface area contributed by atoms with E-state index in [2.05, 4.69) is 86.7 Å². The lowest BCUT2D eigenvalue weighted by molar-refractivity contribution is 0.770. The maximum Gasteiger partial charge on any atom is 0.171 e. The standard InChI is InChI=1S/C16H25IN2Si/c1-11(2)20(12(3)4,13(5)6)19-8-7-14-9-15(17)10-18-16(14)19/h7-13H,1-6H3. The second-order valence-electron chi connectivity index (χ2n) is 6.60. The molecule has 0 saturated carbocycles. The maximum absolute atomic E-state index is 4.74. The molecule has 0 amide bonds. The minimum Gasteiger partial charge on any atom is -0.359 e. The lowest BCUT2D eigenvalue weighted by Gasteiger charge is -2.44. The quantitative estimate of drug-likeness (QED) is 0.478. The van der Waals surface area contributed by atoms with E-state index >= 15 is 0 Å². The van der Waals surface area contributed by atoms with Crippen LogP contribution in [0.2, 0.25) is 16.6 Å². The number of hydrogen-bond donors (Lipinski definition) is 0. The van der Waals surface area contributed by atoms with Gasteiger partial charge in [0, 0.05) is 15.2 Å². The first kappa shape index (κ1) is 16.0. The minimum absolute atomic E-state index is 0.694. The van der Waals surface area contributed by atoms with Crippen molar-refractivity contribution in [2.75, 3.05) is 0 Å². The smallest absolute Gasteiger partial charge is 0.171 e. The van der Waals surface area contributed by atoms with Gasteiger partial charge in [0.1, 0.15) is 5.65 Å². The third kappa shape index (κ3) is 2.34. The van der Waals surface area contributed by atoms with Gasteiger partial charge in [-0.3, -0.25) is 0 Å². The molecule has 0 aliphatic carbocycles. The van der Waals surface area contributed by atoms with Crippen molar-refractivity contribution in [3.63, 3.8) is 0 Å². The number of hydrogen-bond acceptors (Lipinski definition) is 1. The predicted octanol–water partition coefficient (Wildman–Crippen LogP) is 5.66. The van der Waals surface area contributed by atoms with Crippen molar-refractivity contribution in [2.45, 2.75) is 58.2 Å². The summed E-state index contributed by atoms with van der Waals surface area (Å²) in [6, 6.07) is 4.47. The molecule has 2 heterocycles. The molecule has 0 N–H and O–H groups in total. The second kappa shape index (κ2) is 5.79. The Bertz CT molecular complexity index is 580. The zero-order chi connectivity index (χ0) is 15.1. The second-order valence-corrected chi connectivity index (χ2v) is 13.6. The van der Waals surface area contributed by atoms with Crippen LogP contribution in [-0.4, -0.2) is 17.5 Å². The molecule has 2 rings (SSSR count). The van der Waals surface area contributed by atoms with Crippen molar-refractivity contribution < 1.29 is 0 Å². The number of rotatable bonds is 4. The van der Waals surface area contributed by atoms with Crippen LogP contribution in [0.1, 0.15) is 41.5 Å². The Morgan fingerprint density at radius 2 is 1.60 bits per heavy atom. The van der Waals surface area contributed by atoms with Gasteiger partial charge in [-0.1, -0.05) is 41.5 Å². The molecule has 0 fully saturated rings. The van der Waals surface area contributed by atoms with Gasteiger partial charge in [0.2, 0.25) is 0 Å². The lowest BCUT2D eigenvalue weighted by atomic mass is 10.3. The predicted molar refractivity (Wildman–Crippen MR) is 98.9 cm³/mol. The van der Waals surface area contributed by atoms with Crippen LogP contribution in [0.15, 0.2) is 24.5 Å². The molecular weight excluding hydrogens is 375 g/mol. The van der Waals surface area contributed by atoms with Crippen molar-refractivity contribution >= 4 is 41.9 Å². The van der Waals surface area contributed by atoms with Crippen molar-refractivity contribution in [1.82, 2.24) is 9.22 Å². The third-order valence-electron chi connectivity index (χ3n) is 4.68. The van der Waals surface area contributed by atoms with E-state index in [4.69, 9.17) is 4.98 Å². The largest absolute Gasteiger partial charge is 0.359 e. The van der Waals surface area contributed by atoms with Crippen LogP contribution in [0.5, 0.6) is 0 Å². The molecule has 4 heteroatoms. The molecule has 0 unspecified atom stereocenters. The third-order valence-corrected chi connectivity index (χ3v) is 12.0. The fourth-order valence-corrected chi connectivity index (χ4v) is 11.2. The van der Waals surface area contributed by atoms with E-state index < -0.39 is 8.24 Å². The summed E-state index contributed by atoms with van der Waals surface area (Å²) in [5.74, 6) is 0. The fourth-order valence-electron chi connectivity index (χ4n) is 4.14. The van der Waals surface area contributed by atoms with Gasteiger partial charge in [-0.15, -0.1) is 0 Å². The van der Waals surface area contributed by atoms with E-state index in [1.807, 2.05) is 6.20 Å². The molecule has 0 radical (unpaired) electrons. The molecular formula is C16H25IN2Si. The van der Waals surface area contributed by atoms with Gasteiger partial charge in [-0.25, -0.2) is 4.98 Å². The van der Waals surface area contributed by atoms with E-state index in [-0.39, 0.29) is 0 Å². The molecule has 0 aliphatic heterocycles. The number of pyridine rings is 1. The van der Waals surface area contributed by atoms with Crippen molar-refractivity contribution in [2.24, 2.45) is 0 Å². The summed E-state index contributed by atoms with van der Waals surface area (Å²) < 4.78 is 3.78. The molecule has 0 bridgehead atoms. The van der Waals surface area contributed by atoms with Crippen molar-refractivity contribution in [3.05, 3.63) is 28.1 Å². The highest BCUT2D eigenvalue weighted by molar-refractivity contribution is 14.1. The van der Waals surface area contributed by atoms with Gasteiger partial charge in [-0.2, -0.15) is 0 Å². The normalized spacial score (nSPS) is 13.1. The molecule has 110 valence electrons. The van der Waals surface area contributed by atoms with E-state index in [0.29, 0.717) is 16.6 Å². The highest BCUT2D eigenvalue weighted by Gasteiger charge is 2.45. The first-order valence-corrected chi connectivity index (χ1v) is 10.7.